The Labute approximate surface area is 158 Å². The van der Waals surface area contributed by atoms with E-state index in [4.69, 9.17) is 4.42 Å². The molecule has 3 aromatic rings. The molecule has 0 atom stereocenters. The lowest BCUT2D eigenvalue weighted by molar-refractivity contribution is 0.508. The van der Waals surface area contributed by atoms with Crippen LogP contribution in [0.5, 0.6) is 0 Å². The molecule has 1 saturated carbocycles. The summed E-state index contributed by atoms with van der Waals surface area (Å²) in [4.78, 5) is 11.6. The first-order valence-electron chi connectivity index (χ1n) is 8.55. The number of nitrogens with zero attached hydrogens (tertiary/aromatic N) is 3. The molecule has 148 valence electrons. The number of nitrogens with one attached hydrogen (secondary N) is 1. The van der Waals surface area contributed by atoms with Crippen LogP contribution in [-0.4, -0.2) is 29.3 Å². The van der Waals surface area contributed by atoms with E-state index >= 15 is 0 Å². The Hall–Kier alpha value is -2.79. The van der Waals surface area contributed by atoms with Gasteiger partial charge in [0.2, 0.25) is 15.8 Å². The molecule has 0 radical (unpaired) electrons. The molecule has 1 N–H and O–H groups in total. The van der Waals surface area contributed by atoms with Crippen LogP contribution < -0.4 is 10.4 Å². The van der Waals surface area contributed by atoms with Gasteiger partial charge in [0.15, 0.2) is 10.7 Å². The zero-order valence-electron chi connectivity index (χ0n) is 14.5. The van der Waals surface area contributed by atoms with Crippen molar-refractivity contribution in [2.75, 3.05) is 6.54 Å². The highest BCUT2D eigenvalue weighted by Crippen LogP contribution is 2.36. The first-order valence-corrected chi connectivity index (χ1v) is 10.0. The Morgan fingerprint density at radius 3 is 2.50 bits per heavy atom. The number of aromatic nitrogens is 3. The van der Waals surface area contributed by atoms with E-state index in [1.807, 2.05) is 0 Å². The molecule has 0 spiro atoms. The highest BCUT2D eigenvalue weighted by molar-refractivity contribution is 7.89. The van der Waals surface area contributed by atoms with Crippen LogP contribution in [0.15, 0.2) is 50.7 Å². The molecule has 11 heteroatoms. The number of rotatable bonds is 7. The van der Waals surface area contributed by atoms with Crippen molar-refractivity contribution in [1.29, 1.82) is 0 Å². The summed E-state index contributed by atoms with van der Waals surface area (Å²) in [5.41, 5.74) is -0.398. The molecule has 1 aliphatic rings. The van der Waals surface area contributed by atoms with Crippen molar-refractivity contribution in [3.8, 4) is 11.6 Å². The predicted molar refractivity (Wildman–Crippen MR) is 94.0 cm³/mol. The third kappa shape index (κ3) is 3.38. The van der Waals surface area contributed by atoms with Gasteiger partial charge in [-0.1, -0.05) is 6.07 Å². The fraction of sp³-hybridized carbons (Fsp3) is 0.294. The van der Waals surface area contributed by atoms with Crippen LogP contribution in [0.4, 0.5) is 8.78 Å². The Bertz CT molecular complexity index is 1140. The Morgan fingerprint density at radius 1 is 1.18 bits per heavy atom. The predicted octanol–water partition coefficient (Wildman–Crippen LogP) is 1.90. The van der Waals surface area contributed by atoms with Crippen molar-refractivity contribution in [2.45, 2.75) is 30.3 Å². The summed E-state index contributed by atoms with van der Waals surface area (Å²) in [5, 5.41) is 4.23. The van der Waals surface area contributed by atoms with Crippen molar-refractivity contribution in [3.63, 3.8) is 0 Å². The minimum Gasteiger partial charge on any atom is -0.461 e. The van der Waals surface area contributed by atoms with Gasteiger partial charge in [0.25, 0.3) is 0 Å². The molecule has 0 aliphatic heterocycles. The van der Waals surface area contributed by atoms with Gasteiger partial charge in [-0.25, -0.2) is 31.4 Å². The average molecular weight is 410 g/mol. The van der Waals surface area contributed by atoms with Gasteiger partial charge in [-0.05, 0) is 37.1 Å². The smallest absolute Gasteiger partial charge is 0.346 e. The zero-order valence-corrected chi connectivity index (χ0v) is 15.3. The molecule has 0 saturated heterocycles. The monoisotopic (exact) mass is 410 g/mol. The maximum Gasteiger partial charge on any atom is 0.346 e. The number of halogens is 2. The number of benzene rings is 1. The quantitative estimate of drug-likeness (QED) is 0.641. The van der Waals surface area contributed by atoms with Gasteiger partial charge in [-0.15, -0.1) is 5.10 Å². The van der Waals surface area contributed by atoms with Crippen LogP contribution in [0.2, 0.25) is 0 Å². The topological polar surface area (TPSA) is 99.1 Å². The summed E-state index contributed by atoms with van der Waals surface area (Å²) in [6.07, 6.45) is 3.16. The molecule has 8 nitrogen and oxygen atoms in total. The van der Waals surface area contributed by atoms with Gasteiger partial charge in [0.05, 0.1) is 12.8 Å². The second-order valence-electron chi connectivity index (χ2n) is 6.36. The fourth-order valence-corrected chi connectivity index (χ4v) is 4.05. The minimum atomic E-state index is -4.42. The van der Waals surface area contributed by atoms with Crippen LogP contribution >= 0.6 is 0 Å². The van der Waals surface area contributed by atoms with Crippen LogP contribution in [0, 0.1) is 11.6 Å². The Kier molecular flexibility index (Phi) is 4.63. The molecule has 0 amide bonds. The normalized spacial score (nSPS) is 14.5. The van der Waals surface area contributed by atoms with Crippen molar-refractivity contribution in [2.24, 2.45) is 0 Å². The van der Waals surface area contributed by atoms with Crippen LogP contribution in [0.3, 0.4) is 0 Å². The highest BCUT2D eigenvalue weighted by atomic mass is 32.2. The molecule has 1 fully saturated rings. The van der Waals surface area contributed by atoms with E-state index in [1.165, 1.54) is 10.8 Å². The summed E-state index contributed by atoms with van der Waals surface area (Å²) in [5.74, 6) is -1.59. The fourth-order valence-electron chi connectivity index (χ4n) is 2.90. The third-order valence-corrected chi connectivity index (χ3v) is 5.84. The first kappa shape index (κ1) is 18.6. The lowest BCUT2D eigenvalue weighted by Crippen LogP contribution is -2.32. The van der Waals surface area contributed by atoms with Gasteiger partial charge < -0.3 is 4.42 Å². The molecular formula is C17H16F2N4O4S. The summed E-state index contributed by atoms with van der Waals surface area (Å²) in [7, 11) is -4.42. The third-order valence-electron chi connectivity index (χ3n) is 4.33. The van der Waals surface area contributed by atoms with E-state index < -0.39 is 32.2 Å². The molecule has 0 unspecified atom stereocenters. The van der Waals surface area contributed by atoms with E-state index in [0.29, 0.717) is 11.6 Å². The second-order valence-corrected chi connectivity index (χ2v) is 8.06. The minimum absolute atomic E-state index is 0.0329. The largest absolute Gasteiger partial charge is 0.461 e. The van der Waals surface area contributed by atoms with Crippen LogP contribution in [0.25, 0.3) is 11.6 Å². The van der Waals surface area contributed by atoms with E-state index in [2.05, 4.69) is 9.82 Å². The standard InChI is InChI=1S/C17H16F2N4O4S/c18-12-3-1-4-13(19)15(12)28(25,26)20-8-9-22-17(24)23(11-6-7-11)16(21-22)14-5-2-10-27-14/h1-5,10-11,20H,6-9H2. The summed E-state index contributed by atoms with van der Waals surface area (Å²) < 4.78 is 61.9. The molecule has 4 rings (SSSR count). The van der Waals surface area contributed by atoms with Crippen molar-refractivity contribution < 1.29 is 21.6 Å². The Balaban J connectivity index is 1.55. The van der Waals surface area contributed by atoms with E-state index in [1.54, 1.807) is 12.1 Å². The van der Waals surface area contributed by atoms with E-state index in [-0.39, 0.29) is 19.1 Å². The summed E-state index contributed by atoms with van der Waals surface area (Å²) >= 11 is 0. The molecule has 1 aromatic carbocycles. The van der Waals surface area contributed by atoms with Crippen LogP contribution in [-0.2, 0) is 16.6 Å². The maximum absolute atomic E-state index is 13.7. The van der Waals surface area contributed by atoms with Crippen LogP contribution in [0.1, 0.15) is 18.9 Å². The number of hydrogen-bond acceptors (Lipinski definition) is 5. The van der Waals surface area contributed by atoms with Gasteiger partial charge in [-0.3, -0.25) is 4.57 Å². The first-order chi connectivity index (χ1) is 13.4. The molecule has 0 bridgehead atoms. The van der Waals surface area contributed by atoms with Gasteiger partial charge in [0.1, 0.15) is 11.6 Å². The van der Waals surface area contributed by atoms with Crippen molar-refractivity contribution in [3.05, 3.63) is 58.7 Å². The number of sulfonamides is 1. The lowest BCUT2D eigenvalue weighted by Gasteiger charge is -2.08. The number of furan rings is 1. The van der Waals surface area contributed by atoms with E-state index in [9.17, 15) is 22.0 Å². The summed E-state index contributed by atoms with van der Waals surface area (Å²) in [6.45, 7) is -0.378. The molecule has 2 heterocycles. The van der Waals surface area contributed by atoms with Crippen molar-refractivity contribution >= 4 is 10.0 Å². The molecular weight excluding hydrogens is 394 g/mol. The van der Waals surface area contributed by atoms with E-state index in [0.717, 1.165) is 35.7 Å². The molecule has 2 aromatic heterocycles. The maximum atomic E-state index is 13.7. The van der Waals surface area contributed by atoms with Gasteiger partial charge in [-0.2, -0.15) is 0 Å². The number of hydrogen-bond donors (Lipinski definition) is 1. The highest BCUT2D eigenvalue weighted by Gasteiger charge is 2.31. The van der Waals surface area contributed by atoms with Gasteiger partial charge >= 0.3 is 5.69 Å². The lowest BCUT2D eigenvalue weighted by atomic mass is 10.3. The molecule has 1 aliphatic carbocycles. The molecule has 28 heavy (non-hydrogen) atoms. The SMILES string of the molecule is O=c1n(CCNS(=O)(=O)c2c(F)cccc2F)nc(-c2ccco2)n1C1CC1. The second kappa shape index (κ2) is 6.99. The van der Waals surface area contributed by atoms with Gasteiger partial charge in [0, 0.05) is 12.6 Å². The zero-order chi connectivity index (χ0) is 19.9. The Morgan fingerprint density at radius 2 is 1.89 bits per heavy atom. The van der Waals surface area contributed by atoms with Crippen molar-refractivity contribution in [1.82, 2.24) is 19.1 Å². The summed E-state index contributed by atoms with van der Waals surface area (Å²) in [6, 6.07) is 6.17. The average Bonchev–Trinajstić information content (AvgIpc) is 3.20.